The number of aromatic carboxylic acids is 1. The van der Waals surface area contributed by atoms with E-state index >= 15 is 0 Å². The average Bonchev–Trinajstić information content (AvgIpc) is 3.05. The zero-order chi connectivity index (χ0) is 14.0. The van der Waals surface area contributed by atoms with Gasteiger partial charge in [-0.1, -0.05) is 12.8 Å². The van der Waals surface area contributed by atoms with E-state index in [-0.39, 0.29) is 9.77 Å². The molecule has 0 spiro atoms. The molecule has 0 bridgehead atoms. The number of carboxylic acid groups (broad SMARTS) is 1. The fraction of sp³-hybridized carbons (Fsp3) is 0.583. The van der Waals surface area contributed by atoms with Gasteiger partial charge in [-0.15, -0.1) is 11.3 Å². The number of sulfonamides is 1. The van der Waals surface area contributed by atoms with Gasteiger partial charge in [0.2, 0.25) is 10.0 Å². The monoisotopic (exact) mass is 303 g/mol. The van der Waals surface area contributed by atoms with Crippen molar-refractivity contribution in [3.63, 3.8) is 0 Å². The average molecular weight is 303 g/mol. The van der Waals surface area contributed by atoms with Crippen LogP contribution in [0.1, 0.15) is 40.9 Å². The first-order chi connectivity index (χ1) is 8.92. The highest BCUT2D eigenvalue weighted by molar-refractivity contribution is 7.89. The molecule has 0 aliphatic heterocycles. The van der Waals surface area contributed by atoms with Crippen LogP contribution in [0.3, 0.4) is 0 Å². The van der Waals surface area contributed by atoms with Crippen LogP contribution in [0.15, 0.2) is 10.3 Å². The molecule has 106 valence electrons. The zero-order valence-electron chi connectivity index (χ0n) is 10.7. The number of hydrogen-bond donors (Lipinski definition) is 2. The van der Waals surface area contributed by atoms with Crippen molar-refractivity contribution in [1.82, 2.24) is 4.72 Å². The van der Waals surface area contributed by atoms with Crippen molar-refractivity contribution in [2.24, 2.45) is 5.92 Å². The van der Waals surface area contributed by atoms with E-state index in [0.717, 1.165) is 30.1 Å². The predicted octanol–water partition coefficient (Wildman–Crippen LogP) is 2.22. The molecule has 0 atom stereocenters. The van der Waals surface area contributed by atoms with Gasteiger partial charge < -0.3 is 5.11 Å². The highest BCUT2D eigenvalue weighted by atomic mass is 32.2. The van der Waals surface area contributed by atoms with Crippen molar-refractivity contribution >= 4 is 27.3 Å². The first-order valence-electron chi connectivity index (χ1n) is 6.23. The molecule has 0 amide bonds. The summed E-state index contributed by atoms with van der Waals surface area (Å²) >= 11 is 0.947. The van der Waals surface area contributed by atoms with Crippen molar-refractivity contribution in [2.75, 3.05) is 6.54 Å². The summed E-state index contributed by atoms with van der Waals surface area (Å²) in [5, 5.41) is 10.6. The van der Waals surface area contributed by atoms with Crippen molar-refractivity contribution < 1.29 is 18.3 Å². The van der Waals surface area contributed by atoms with E-state index in [2.05, 4.69) is 4.72 Å². The van der Waals surface area contributed by atoms with Gasteiger partial charge in [0, 0.05) is 6.54 Å². The van der Waals surface area contributed by atoms with Crippen LogP contribution >= 0.6 is 11.3 Å². The van der Waals surface area contributed by atoms with E-state index in [4.69, 9.17) is 5.11 Å². The van der Waals surface area contributed by atoms with Crippen LogP contribution in [-0.4, -0.2) is 26.0 Å². The minimum Gasteiger partial charge on any atom is -0.477 e. The van der Waals surface area contributed by atoms with Gasteiger partial charge in [-0.3, -0.25) is 0 Å². The van der Waals surface area contributed by atoms with E-state index in [1.165, 1.54) is 12.8 Å². The molecule has 1 aromatic rings. The number of thiophene rings is 1. The molecule has 2 rings (SSSR count). The van der Waals surface area contributed by atoms with Gasteiger partial charge in [0.15, 0.2) is 0 Å². The summed E-state index contributed by atoms with van der Waals surface area (Å²) in [6, 6.07) is 0. The molecule has 1 saturated carbocycles. The Balaban J connectivity index is 2.05. The molecule has 0 saturated heterocycles. The largest absolute Gasteiger partial charge is 0.477 e. The first-order valence-corrected chi connectivity index (χ1v) is 8.59. The second kappa shape index (κ2) is 5.60. The van der Waals surface area contributed by atoms with Crippen LogP contribution in [0.25, 0.3) is 0 Å². The second-order valence-electron chi connectivity index (χ2n) is 4.87. The smallest absolute Gasteiger partial charge is 0.347 e. The SMILES string of the molecule is Cc1csc(C(=O)O)c1S(=O)(=O)NCCCC1CC1. The van der Waals surface area contributed by atoms with E-state index in [1.807, 2.05) is 0 Å². The number of rotatable bonds is 7. The molecule has 5 nitrogen and oxygen atoms in total. The molecule has 1 fully saturated rings. The van der Waals surface area contributed by atoms with Crippen LogP contribution in [0.2, 0.25) is 0 Å². The summed E-state index contributed by atoms with van der Waals surface area (Å²) in [5.74, 6) is -0.432. The lowest BCUT2D eigenvalue weighted by atomic mass is 10.2. The Kier molecular flexibility index (Phi) is 4.27. The van der Waals surface area contributed by atoms with Gasteiger partial charge in [-0.25, -0.2) is 17.9 Å². The molecule has 0 radical (unpaired) electrons. The van der Waals surface area contributed by atoms with E-state index in [1.54, 1.807) is 12.3 Å². The second-order valence-corrected chi connectivity index (χ2v) is 7.45. The minimum absolute atomic E-state index is 0.0866. The number of nitrogens with one attached hydrogen (secondary N) is 1. The molecule has 1 heterocycles. The van der Waals surface area contributed by atoms with Crippen LogP contribution in [0, 0.1) is 12.8 Å². The molecule has 1 aromatic heterocycles. The van der Waals surface area contributed by atoms with Gasteiger partial charge in [0.1, 0.15) is 9.77 Å². The Morgan fingerprint density at radius 3 is 2.79 bits per heavy atom. The molecule has 1 aliphatic rings. The molecule has 0 unspecified atom stereocenters. The van der Waals surface area contributed by atoms with E-state index in [9.17, 15) is 13.2 Å². The third-order valence-corrected chi connectivity index (χ3v) is 6.02. The molecule has 1 aliphatic carbocycles. The van der Waals surface area contributed by atoms with Gasteiger partial charge in [-0.2, -0.15) is 0 Å². The normalized spacial score (nSPS) is 15.6. The lowest BCUT2D eigenvalue weighted by Crippen LogP contribution is -2.26. The summed E-state index contributed by atoms with van der Waals surface area (Å²) in [4.78, 5) is 10.8. The topological polar surface area (TPSA) is 83.5 Å². The highest BCUT2D eigenvalue weighted by Crippen LogP contribution is 2.33. The molecular formula is C12H17NO4S2. The summed E-state index contributed by atoms with van der Waals surface area (Å²) in [5.41, 5.74) is 0.483. The molecule has 2 N–H and O–H groups in total. The van der Waals surface area contributed by atoms with Crippen LogP contribution in [0.5, 0.6) is 0 Å². The Morgan fingerprint density at radius 1 is 1.53 bits per heavy atom. The Bertz CT molecular complexity index is 573. The fourth-order valence-corrected chi connectivity index (χ4v) is 4.69. The number of aryl methyl sites for hydroxylation is 1. The van der Waals surface area contributed by atoms with Gasteiger partial charge in [-0.05, 0) is 36.6 Å². The number of hydrogen-bond acceptors (Lipinski definition) is 4. The first kappa shape index (κ1) is 14.5. The van der Waals surface area contributed by atoms with Gasteiger partial charge in [0.05, 0.1) is 0 Å². The third kappa shape index (κ3) is 3.55. The van der Waals surface area contributed by atoms with E-state index < -0.39 is 16.0 Å². The Labute approximate surface area is 116 Å². The van der Waals surface area contributed by atoms with Crippen LogP contribution in [0.4, 0.5) is 0 Å². The van der Waals surface area contributed by atoms with E-state index in [0.29, 0.717) is 12.1 Å². The summed E-state index contributed by atoms with van der Waals surface area (Å²) in [6.07, 6.45) is 4.34. The highest BCUT2D eigenvalue weighted by Gasteiger charge is 2.26. The number of carbonyl (C=O) groups is 1. The zero-order valence-corrected chi connectivity index (χ0v) is 12.3. The molecule has 0 aromatic carbocycles. The van der Waals surface area contributed by atoms with Gasteiger partial charge in [0.25, 0.3) is 0 Å². The maximum Gasteiger partial charge on any atom is 0.347 e. The maximum atomic E-state index is 12.1. The molecule has 7 heteroatoms. The van der Waals surface area contributed by atoms with Crippen molar-refractivity contribution in [3.05, 3.63) is 15.8 Å². The molecular weight excluding hydrogens is 286 g/mol. The van der Waals surface area contributed by atoms with Gasteiger partial charge >= 0.3 is 5.97 Å². The van der Waals surface area contributed by atoms with Crippen LogP contribution < -0.4 is 4.72 Å². The quantitative estimate of drug-likeness (QED) is 0.757. The van der Waals surface area contributed by atoms with Crippen molar-refractivity contribution in [1.29, 1.82) is 0 Å². The Morgan fingerprint density at radius 2 is 2.21 bits per heavy atom. The van der Waals surface area contributed by atoms with Crippen molar-refractivity contribution in [2.45, 2.75) is 37.5 Å². The standard InChI is InChI=1S/C12H17NO4S2/c1-8-7-18-10(12(14)15)11(8)19(16,17)13-6-2-3-9-4-5-9/h7,9,13H,2-6H2,1H3,(H,14,15). The Hall–Kier alpha value is -0.920. The fourth-order valence-electron chi connectivity index (χ4n) is 1.99. The summed E-state index contributed by atoms with van der Waals surface area (Å²) in [7, 11) is -3.72. The van der Waals surface area contributed by atoms with Crippen molar-refractivity contribution in [3.8, 4) is 0 Å². The lowest BCUT2D eigenvalue weighted by Gasteiger charge is -2.07. The summed E-state index contributed by atoms with van der Waals surface area (Å²) in [6.45, 7) is 1.98. The third-order valence-electron chi connectivity index (χ3n) is 3.16. The number of carboxylic acids is 1. The minimum atomic E-state index is -3.72. The maximum absolute atomic E-state index is 12.1. The van der Waals surface area contributed by atoms with Crippen LogP contribution in [-0.2, 0) is 10.0 Å². The lowest BCUT2D eigenvalue weighted by molar-refractivity contribution is 0.0698. The summed E-state index contributed by atoms with van der Waals surface area (Å²) < 4.78 is 26.8. The predicted molar refractivity (Wildman–Crippen MR) is 73.2 cm³/mol. The molecule has 19 heavy (non-hydrogen) atoms.